The molecular formula is C20H26N2OS. The van der Waals surface area contributed by atoms with E-state index in [2.05, 4.69) is 35.0 Å². The van der Waals surface area contributed by atoms with Gasteiger partial charge in [-0.2, -0.15) is 0 Å². The highest BCUT2D eigenvalue weighted by molar-refractivity contribution is 8.00. The summed E-state index contributed by atoms with van der Waals surface area (Å²) in [6.07, 6.45) is 10.1. The van der Waals surface area contributed by atoms with E-state index < -0.39 is 0 Å². The first-order valence-electron chi connectivity index (χ1n) is 9.30. The van der Waals surface area contributed by atoms with Gasteiger partial charge in [0.15, 0.2) is 0 Å². The summed E-state index contributed by atoms with van der Waals surface area (Å²) in [6, 6.07) is 8.64. The molecule has 3 nitrogen and oxygen atoms in total. The highest BCUT2D eigenvalue weighted by Gasteiger charge is 2.20. The van der Waals surface area contributed by atoms with E-state index in [1.54, 1.807) is 11.8 Å². The Bertz CT molecular complexity index is 711. The van der Waals surface area contributed by atoms with Gasteiger partial charge in [0.2, 0.25) is 5.91 Å². The fourth-order valence-corrected chi connectivity index (χ4v) is 5.14. The lowest BCUT2D eigenvalue weighted by Crippen LogP contribution is -2.29. The van der Waals surface area contributed by atoms with Crippen LogP contribution in [0.15, 0.2) is 35.4 Å². The minimum atomic E-state index is 0.296. The smallest absolute Gasteiger partial charge is 0.232 e. The molecule has 0 atom stereocenters. The standard InChI is InChI=1S/C20H26N2OS/c23-20(21-11-5-6-12-21)15-24-19-14-22(13-16-7-1-2-8-16)18-10-4-3-9-17(18)19/h3-4,9-10,14,16H,1-2,5-8,11-13,15H2. The molecule has 24 heavy (non-hydrogen) atoms. The summed E-state index contributed by atoms with van der Waals surface area (Å²) >= 11 is 1.71. The van der Waals surface area contributed by atoms with Crippen LogP contribution in [0.1, 0.15) is 38.5 Å². The normalized spacial score (nSPS) is 18.8. The molecule has 0 bridgehead atoms. The Hall–Kier alpha value is -1.42. The summed E-state index contributed by atoms with van der Waals surface area (Å²) in [5.41, 5.74) is 1.32. The third-order valence-electron chi connectivity index (χ3n) is 5.49. The Morgan fingerprint density at radius 2 is 1.83 bits per heavy atom. The zero-order valence-corrected chi connectivity index (χ0v) is 15.1. The van der Waals surface area contributed by atoms with Crippen LogP contribution in [0.5, 0.6) is 0 Å². The van der Waals surface area contributed by atoms with E-state index in [4.69, 9.17) is 0 Å². The fourth-order valence-electron chi connectivity index (χ4n) is 4.15. The second kappa shape index (κ2) is 7.22. The van der Waals surface area contributed by atoms with Crippen molar-refractivity contribution in [3.63, 3.8) is 0 Å². The molecule has 0 radical (unpaired) electrons. The lowest BCUT2D eigenvalue weighted by atomic mass is 10.1. The number of thioether (sulfide) groups is 1. The molecule has 2 heterocycles. The maximum atomic E-state index is 12.3. The Balaban J connectivity index is 1.50. The summed E-state index contributed by atoms with van der Waals surface area (Å²) in [4.78, 5) is 15.6. The summed E-state index contributed by atoms with van der Waals surface area (Å²) < 4.78 is 2.42. The van der Waals surface area contributed by atoms with Crippen molar-refractivity contribution in [2.75, 3.05) is 18.8 Å². The number of hydrogen-bond donors (Lipinski definition) is 0. The van der Waals surface area contributed by atoms with Crippen LogP contribution >= 0.6 is 11.8 Å². The predicted octanol–water partition coefficient (Wildman–Crippen LogP) is 4.55. The monoisotopic (exact) mass is 342 g/mol. The Morgan fingerprint density at radius 1 is 1.08 bits per heavy atom. The largest absolute Gasteiger partial charge is 0.346 e. The lowest BCUT2D eigenvalue weighted by molar-refractivity contribution is -0.127. The van der Waals surface area contributed by atoms with Gasteiger partial charge in [0, 0.05) is 41.6 Å². The first-order valence-corrected chi connectivity index (χ1v) is 10.3. The SMILES string of the molecule is O=C(CSc1cn(CC2CCCC2)c2ccccc12)N1CCCC1. The van der Waals surface area contributed by atoms with Crippen molar-refractivity contribution >= 4 is 28.6 Å². The molecule has 0 spiro atoms. The Morgan fingerprint density at radius 3 is 2.62 bits per heavy atom. The van der Waals surface area contributed by atoms with Gasteiger partial charge in [-0.05, 0) is 37.7 Å². The fraction of sp³-hybridized carbons (Fsp3) is 0.550. The van der Waals surface area contributed by atoms with Crippen LogP contribution in [0.25, 0.3) is 10.9 Å². The van der Waals surface area contributed by atoms with E-state index >= 15 is 0 Å². The molecule has 1 saturated carbocycles. The average molecular weight is 343 g/mol. The van der Waals surface area contributed by atoms with Gasteiger partial charge in [0.25, 0.3) is 0 Å². The highest BCUT2D eigenvalue weighted by atomic mass is 32.2. The number of likely N-dealkylation sites (tertiary alicyclic amines) is 1. The van der Waals surface area contributed by atoms with Gasteiger partial charge in [0.05, 0.1) is 5.75 Å². The van der Waals surface area contributed by atoms with Crippen LogP contribution in [0, 0.1) is 5.92 Å². The molecule has 4 rings (SSSR count). The summed E-state index contributed by atoms with van der Waals surface area (Å²) in [5.74, 6) is 1.69. The number of para-hydroxylation sites is 1. The average Bonchev–Trinajstić information content (AvgIpc) is 3.35. The number of benzene rings is 1. The maximum Gasteiger partial charge on any atom is 0.232 e. The third kappa shape index (κ3) is 3.34. The first kappa shape index (κ1) is 16.1. The molecule has 128 valence electrons. The maximum absolute atomic E-state index is 12.3. The van der Waals surface area contributed by atoms with Gasteiger partial charge in [-0.3, -0.25) is 4.79 Å². The van der Waals surface area contributed by atoms with Gasteiger partial charge in [0.1, 0.15) is 0 Å². The lowest BCUT2D eigenvalue weighted by Gasteiger charge is -2.14. The summed E-state index contributed by atoms with van der Waals surface area (Å²) in [6.45, 7) is 3.02. The number of carbonyl (C=O) groups excluding carboxylic acids is 1. The van der Waals surface area contributed by atoms with Crippen molar-refractivity contribution in [1.29, 1.82) is 0 Å². The molecule has 2 fully saturated rings. The van der Waals surface area contributed by atoms with Crippen molar-refractivity contribution in [2.24, 2.45) is 5.92 Å². The van der Waals surface area contributed by atoms with E-state index in [0.717, 1.165) is 38.4 Å². The van der Waals surface area contributed by atoms with E-state index in [-0.39, 0.29) is 0 Å². The topological polar surface area (TPSA) is 25.2 Å². The molecule has 1 amide bonds. The van der Waals surface area contributed by atoms with Crippen molar-refractivity contribution < 1.29 is 4.79 Å². The predicted molar refractivity (Wildman–Crippen MR) is 100 cm³/mol. The number of nitrogens with zero attached hydrogens (tertiary/aromatic N) is 2. The zero-order chi connectivity index (χ0) is 16.4. The molecule has 0 N–H and O–H groups in total. The number of aromatic nitrogens is 1. The number of hydrogen-bond acceptors (Lipinski definition) is 2. The molecule has 2 aliphatic rings. The summed E-state index contributed by atoms with van der Waals surface area (Å²) in [7, 11) is 0. The number of rotatable bonds is 5. The van der Waals surface area contributed by atoms with Gasteiger partial charge >= 0.3 is 0 Å². The second-order valence-electron chi connectivity index (χ2n) is 7.19. The van der Waals surface area contributed by atoms with Crippen molar-refractivity contribution in [2.45, 2.75) is 50.0 Å². The van der Waals surface area contributed by atoms with Crippen LogP contribution in [0.2, 0.25) is 0 Å². The third-order valence-corrected chi connectivity index (χ3v) is 6.52. The molecule has 1 aromatic carbocycles. The number of carbonyl (C=O) groups is 1. The minimum absolute atomic E-state index is 0.296. The van der Waals surface area contributed by atoms with Crippen molar-refractivity contribution in [1.82, 2.24) is 9.47 Å². The molecule has 2 aromatic rings. The van der Waals surface area contributed by atoms with Gasteiger partial charge in [-0.1, -0.05) is 31.0 Å². The Kier molecular flexibility index (Phi) is 4.83. The summed E-state index contributed by atoms with van der Waals surface area (Å²) in [5, 5.41) is 1.30. The van der Waals surface area contributed by atoms with Crippen LogP contribution < -0.4 is 0 Å². The highest BCUT2D eigenvalue weighted by Crippen LogP contribution is 2.33. The number of fused-ring (bicyclic) bond motifs is 1. The van der Waals surface area contributed by atoms with Crippen LogP contribution in [0.3, 0.4) is 0 Å². The molecule has 1 aliphatic heterocycles. The Labute approximate surface area is 148 Å². The van der Waals surface area contributed by atoms with Crippen molar-refractivity contribution in [3.8, 4) is 0 Å². The minimum Gasteiger partial charge on any atom is -0.346 e. The zero-order valence-electron chi connectivity index (χ0n) is 14.2. The molecule has 1 saturated heterocycles. The van der Waals surface area contributed by atoms with E-state index in [1.807, 2.05) is 4.90 Å². The van der Waals surface area contributed by atoms with Crippen molar-refractivity contribution in [3.05, 3.63) is 30.5 Å². The second-order valence-corrected chi connectivity index (χ2v) is 8.21. The molecule has 0 unspecified atom stereocenters. The van der Waals surface area contributed by atoms with Crippen LogP contribution in [0.4, 0.5) is 0 Å². The first-order chi connectivity index (χ1) is 11.8. The van der Waals surface area contributed by atoms with Gasteiger partial charge < -0.3 is 9.47 Å². The van der Waals surface area contributed by atoms with Crippen LogP contribution in [-0.4, -0.2) is 34.2 Å². The number of amides is 1. The van der Waals surface area contributed by atoms with E-state index in [1.165, 1.54) is 41.5 Å². The van der Waals surface area contributed by atoms with Gasteiger partial charge in [-0.15, -0.1) is 11.8 Å². The molecule has 1 aliphatic carbocycles. The molecular weight excluding hydrogens is 316 g/mol. The van der Waals surface area contributed by atoms with Crippen LogP contribution in [-0.2, 0) is 11.3 Å². The molecule has 4 heteroatoms. The van der Waals surface area contributed by atoms with E-state index in [0.29, 0.717) is 11.7 Å². The van der Waals surface area contributed by atoms with Gasteiger partial charge in [-0.25, -0.2) is 0 Å². The van der Waals surface area contributed by atoms with E-state index in [9.17, 15) is 4.79 Å². The quantitative estimate of drug-likeness (QED) is 0.745. The molecule has 1 aromatic heterocycles.